The molecule has 0 N–H and O–H groups in total. The highest BCUT2D eigenvalue weighted by Crippen LogP contribution is 2.26. The van der Waals surface area contributed by atoms with Gasteiger partial charge in [-0.05, 0) is 58.4 Å². The fraction of sp³-hybridized carbons (Fsp3) is 0. The second-order valence-electron chi connectivity index (χ2n) is 4.41. The van der Waals surface area contributed by atoms with Gasteiger partial charge in [-0.2, -0.15) is 0 Å². The van der Waals surface area contributed by atoms with E-state index in [0.29, 0.717) is 15.9 Å². The monoisotopic (exact) mass is 378 g/mol. The van der Waals surface area contributed by atoms with Crippen molar-refractivity contribution in [3.8, 4) is 22.6 Å². The van der Waals surface area contributed by atoms with Crippen LogP contribution in [0.25, 0.3) is 22.6 Å². The number of halogens is 3. The summed E-state index contributed by atoms with van der Waals surface area (Å²) in [5.41, 5.74) is 2.73. The summed E-state index contributed by atoms with van der Waals surface area (Å²) in [6.45, 7) is 0. The Morgan fingerprint density at radius 1 is 0.714 bits per heavy atom. The fourth-order valence-corrected chi connectivity index (χ4v) is 2.55. The quantitative estimate of drug-likeness (QED) is 0.519. The third-order valence-corrected chi connectivity index (χ3v) is 3.85. The van der Waals surface area contributed by atoms with E-state index in [2.05, 4.69) is 25.9 Å². The molecule has 0 saturated heterocycles. The van der Waals surface area contributed by atoms with Crippen LogP contribution in [0.2, 0.25) is 10.0 Å². The summed E-state index contributed by atoms with van der Waals surface area (Å²) in [5.74, 6) is 0.644. The summed E-state index contributed by atoms with van der Waals surface area (Å²) in [6.07, 6.45) is 0. The molecule has 0 fully saturated rings. The van der Waals surface area contributed by atoms with Crippen molar-refractivity contribution in [3.63, 3.8) is 0 Å². The number of hydrogen-bond acceptors (Lipinski definition) is 2. The first-order chi connectivity index (χ1) is 10.1. The van der Waals surface area contributed by atoms with Crippen molar-refractivity contribution in [1.82, 2.24) is 9.97 Å². The largest absolute Gasteiger partial charge is 0.228 e. The van der Waals surface area contributed by atoms with Crippen LogP contribution in [0.5, 0.6) is 0 Å². The minimum atomic E-state index is 0.644. The summed E-state index contributed by atoms with van der Waals surface area (Å²) in [6, 6.07) is 16.9. The van der Waals surface area contributed by atoms with Crippen LogP contribution >= 0.6 is 39.1 Å². The molecule has 5 heteroatoms. The molecule has 0 radical (unpaired) electrons. The maximum Gasteiger partial charge on any atom is 0.161 e. The number of nitrogens with zero attached hydrogens (tertiary/aromatic N) is 2. The van der Waals surface area contributed by atoms with Gasteiger partial charge in [0.15, 0.2) is 5.82 Å². The third-order valence-electron chi connectivity index (χ3n) is 2.94. The SMILES string of the molecule is Clc1ccc(-c2cc(Br)nc(-c3ccc(Cl)cc3)n2)cc1. The van der Waals surface area contributed by atoms with Crippen molar-refractivity contribution >= 4 is 39.1 Å². The van der Waals surface area contributed by atoms with E-state index in [-0.39, 0.29) is 0 Å². The van der Waals surface area contributed by atoms with Gasteiger partial charge >= 0.3 is 0 Å². The van der Waals surface area contributed by atoms with Crippen molar-refractivity contribution < 1.29 is 0 Å². The predicted octanol–water partition coefficient (Wildman–Crippen LogP) is 5.88. The second-order valence-corrected chi connectivity index (χ2v) is 6.10. The summed E-state index contributed by atoms with van der Waals surface area (Å²) in [4.78, 5) is 9.02. The molecular weight excluding hydrogens is 371 g/mol. The maximum absolute atomic E-state index is 5.92. The van der Waals surface area contributed by atoms with Gasteiger partial charge in [-0.3, -0.25) is 0 Å². The second kappa shape index (κ2) is 6.14. The van der Waals surface area contributed by atoms with Crippen LogP contribution in [0.3, 0.4) is 0 Å². The van der Waals surface area contributed by atoms with Crippen LogP contribution in [0.4, 0.5) is 0 Å². The molecular formula is C16H9BrCl2N2. The molecule has 2 aromatic carbocycles. The normalized spacial score (nSPS) is 10.6. The predicted molar refractivity (Wildman–Crippen MR) is 90.6 cm³/mol. The highest BCUT2D eigenvalue weighted by atomic mass is 79.9. The first-order valence-electron chi connectivity index (χ1n) is 6.18. The average molecular weight is 380 g/mol. The zero-order valence-electron chi connectivity index (χ0n) is 10.7. The summed E-state index contributed by atoms with van der Waals surface area (Å²) in [7, 11) is 0. The molecule has 0 aliphatic heterocycles. The first-order valence-corrected chi connectivity index (χ1v) is 7.73. The van der Waals surface area contributed by atoms with Gasteiger partial charge in [-0.15, -0.1) is 0 Å². The molecule has 0 aliphatic carbocycles. The fourth-order valence-electron chi connectivity index (χ4n) is 1.91. The standard InChI is InChI=1S/C16H9BrCl2N2/c17-15-9-14(10-1-5-12(18)6-2-10)20-16(21-15)11-3-7-13(19)8-4-11/h1-9H. The van der Waals surface area contributed by atoms with Gasteiger partial charge in [0.2, 0.25) is 0 Å². The molecule has 1 heterocycles. The van der Waals surface area contributed by atoms with Crippen LogP contribution in [0.15, 0.2) is 59.2 Å². The number of rotatable bonds is 2. The Bertz CT molecular complexity index is 708. The van der Waals surface area contributed by atoms with E-state index in [1.807, 2.05) is 54.6 Å². The summed E-state index contributed by atoms with van der Waals surface area (Å²) in [5, 5.41) is 1.39. The zero-order chi connectivity index (χ0) is 14.8. The van der Waals surface area contributed by atoms with Crippen LogP contribution < -0.4 is 0 Å². The maximum atomic E-state index is 5.92. The van der Waals surface area contributed by atoms with E-state index in [0.717, 1.165) is 21.4 Å². The Labute approximate surface area is 140 Å². The van der Waals surface area contributed by atoms with Crippen LogP contribution in [0.1, 0.15) is 0 Å². The van der Waals surface area contributed by atoms with Gasteiger partial charge in [-0.25, -0.2) is 9.97 Å². The number of hydrogen-bond donors (Lipinski definition) is 0. The molecule has 2 nitrogen and oxygen atoms in total. The van der Waals surface area contributed by atoms with Crippen LogP contribution in [0, 0.1) is 0 Å². The Morgan fingerprint density at radius 3 is 1.81 bits per heavy atom. The summed E-state index contributed by atoms with van der Waals surface area (Å²) < 4.78 is 0.729. The molecule has 3 aromatic rings. The Balaban J connectivity index is 2.07. The summed E-state index contributed by atoms with van der Waals surface area (Å²) >= 11 is 15.3. The van der Waals surface area contributed by atoms with Crippen molar-refractivity contribution in [3.05, 3.63) is 69.2 Å². The molecule has 21 heavy (non-hydrogen) atoms. The lowest BCUT2D eigenvalue weighted by molar-refractivity contribution is 1.15. The van der Waals surface area contributed by atoms with Gasteiger partial charge in [0.05, 0.1) is 5.69 Å². The molecule has 1 aromatic heterocycles. The highest BCUT2D eigenvalue weighted by molar-refractivity contribution is 9.10. The molecule has 0 aliphatic rings. The van der Waals surface area contributed by atoms with Crippen LogP contribution in [-0.4, -0.2) is 9.97 Å². The lowest BCUT2D eigenvalue weighted by Gasteiger charge is -2.06. The molecule has 0 amide bonds. The topological polar surface area (TPSA) is 25.8 Å². The van der Waals surface area contributed by atoms with Gasteiger partial charge < -0.3 is 0 Å². The molecule has 0 atom stereocenters. The minimum absolute atomic E-state index is 0.644. The van der Waals surface area contributed by atoms with E-state index in [1.54, 1.807) is 0 Å². The van der Waals surface area contributed by atoms with Crippen molar-refractivity contribution in [2.45, 2.75) is 0 Å². The Hall–Kier alpha value is -1.42. The van der Waals surface area contributed by atoms with E-state index in [9.17, 15) is 0 Å². The van der Waals surface area contributed by atoms with Gasteiger partial charge in [0, 0.05) is 21.2 Å². The van der Waals surface area contributed by atoms with Gasteiger partial charge in [0.1, 0.15) is 4.60 Å². The Morgan fingerprint density at radius 2 is 1.24 bits per heavy atom. The lowest BCUT2D eigenvalue weighted by atomic mass is 10.1. The molecule has 0 bridgehead atoms. The minimum Gasteiger partial charge on any atom is -0.228 e. The van der Waals surface area contributed by atoms with Gasteiger partial charge in [-0.1, -0.05) is 35.3 Å². The van der Waals surface area contributed by atoms with E-state index in [4.69, 9.17) is 23.2 Å². The average Bonchev–Trinajstić information content (AvgIpc) is 2.48. The first kappa shape index (κ1) is 14.5. The Kier molecular flexibility index (Phi) is 4.24. The smallest absolute Gasteiger partial charge is 0.161 e. The third kappa shape index (κ3) is 3.43. The molecule has 0 unspecified atom stereocenters. The van der Waals surface area contributed by atoms with Crippen molar-refractivity contribution in [2.24, 2.45) is 0 Å². The van der Waals surface area contributed by atoms with E-state index >= 15 is 0 Å². The molecule has 104 valence electrons. The highest BCUT2D eigenvalue weighted by Gasteiger charge is 2.07. The molecule has 0 saturated carbocycles. The number of benzene rings is 2. The van der Waals surface area contributed by atoms with Crippen molar-refractivity contribution in [2.75, 3.05) is 0 Å². The zero-order valence-corrected chi connectivity index (χ0v) is 13.8. The van der Waals surface area contributed by atoms with E-state index in [1.165, 1.54) is 0 Å². The van der Waals surface area contributed by atoms with Crippen molar-refractivity contribution in [1.29, 1.82) is 0 Å². The number of aromatic nitrogens is 2. The molecule has 3 rings (SSSR count). The molecule has 0 spiro atoms. The van der Waals surface area contributed by atoms with Crippen LogP contribution in [-0.2, 0) is 0 Å². The van der Waals surface area contributed by atoms with Gasteiger partial charge in [0.25, 0.3) is 0 Å². The van der Waals surface area contributed by atoms with E-state index < -0.39 is 0 Å². The lowest BCUT2D eigenvalue weighted by Crippen LogP contribution is -1.93.